The maximum atomic E-state index is 13.2. The zero-order valence-electron chi connectivity index (χ0n) is 19.8. The van der Waals surface area contributed by atoms with E-state index in [2.05, 4.69) is 12.2 Å². The molecule has 0 saturated heterocycles. The Morgan fingerprint density at radius 2 is 1.61 bits per heavy atom. The second-order valence-corrected chi connectivity index (χ2v) is 8.65. The van der Waals surface area contributed by atoms with Crippen molar-refractivity contribution in [3.05, 3.63) is 59.9 Å². The third kappa shape index (κ3) is 9.12. The third-order valence-electron chi connectivity index (χ3n) is 5.40. The highest BCUT2D eigenvalue weighted by molar-refractivity contribution is 5.89. The number of carbonyl (C=O) groups is 2. The van der Waals surface area contributed by atoms with E-state index in [0.29, 0.717) is 30.9 Å². The van der Waals surface area contributed by atoms with Crippen molar-refractivity contribution >= 4 is 17.7 Å². The van der Waals surface area contributed by atoms with E-state index in [4.69, 9.17) is 4.74 Å². The van der Waals surface area contributed by atoms with Gasteiger partial charge in [-0.25, -0.2) is 14.0 Å². The van der Waals surface area contributed by atoms with Crippen LogP contribution in [0.4, 0.5) is 14.9 Å². The zero-order valence-corrected chi connectivity index (χ0v) is 19.8. The topological polar surface area (TPSA) is 78.9 Å². The van der Waals surface area contributed by atoms with Gasteiger partial charge in [0.25, 0.3) is 0 Å². The summed E-state index contributed by atoms with van der Waals surface area (Å²) in [6, 6.07) is 12.8. The molecule has 0 bridgehead atoms. The number of unbranched alkanes of at least 4 members (excludes halogenated alkanes) is 4. The largest absolute Gasteiger partial charge is 0.478 e. The van der Waals surface area contributed by atoms with Crippen LogP contribution in [-0.2, 0) is 11.2 Å². The molecule has 0 unspecified atom stereocenters. The van der Waals surface area contributed by atoms with Crippen molar-refractivity contribution < 1.29 is 23.8 Å². The first-order valence-electron chi connectivity index (χ1n) is 11.5. The quantitative estimate of drug-likeness (QED) is 0.355. The number of benzene rings is 2. The van der Waals surface area contributed by atoms with E-state index in [0.717, 1.165) is 31.2 Å². The highest BCUT2D eigenvalue weighted by Gasteiger charge is 2.29. The fraction of sp³-hybridized carbons (Fsp3) is 0.462. The van der Waals surface area contributed by atoms with Gasteiger partial charge in [0.2, 0.25) is 0 Å². The third-order valence-corrected chi connectivity index (χ3v) is 5.40. The number of aliphatic carboxylic acids is 1. The van der Waals surface area contributed by atoms with E-state index < -0.39 is 11.6 Å². The number of nitrogens with one attached hydrogen (secondary N) is 1. The molecule has 2 rings (SSSR count). The Balaban J connectivity index is 1.97. The van der Waals surface area contributed by atoms with Crippen molar-refractivity contribution in [1.29, 1.82) is 0 Å². The van der Waals surface area contributed by atoms with Gasteiger partial charge in [0.15, 0.2) is 5.60 Å². The smallest absolute Gasteiger partial charge is 0.347 e. The van der Waals surface area contributed by atoms with E-state index in [9.17, 15) is 19.1 Å². The Labute approximate surface area is 195 Å². The maximum absolute atomic E-state index is 13.2. The van der Waals surface area contributed by atoms with Crippen molar-refractivity contribution in [2.45, 2.75) is 64.9 Å². The number of halogens is 1. The van der Waals surface area contributed by atoms with Crippen LogP contribution in [0.2, 0.25) is 0 Å². The second-order valence-electron chi connectivity index (χ2n) is 8.65. The molecular formula is C26H35FN2O4. The average molecular weight is 459 g/mol. The van der Waals surface area contributed by atoms with E-state index in [1.165, 1.54) is 32.4 Å². The number of ether oxygens (including phenoxy) is 1. The highest BCUT2D eigenvalue weighted by Crippen LogP contribution is 2.20. The minimum atomic E-state index is -1.31. The summed E-state index contributed by atoms with van der Waals surface area (Å²) in [6.07, 6.45) is 6.15. The van der Waals surface area contributed by atoms with Gasteiger partial charge in [-0.05, 0) is 68.7 Å². The summed E-state index contributed by atoms with van der Waals surface area (Å²) in [7, 11) is 0. The van der Waals surface area contributed by atoms with E-state index in [1.807, 2.05) is 12.1 Å². The fourth-order valence-corrected chi connectivity index (χ4v) is 3.28. The molecule has 0 fully saturated rings. The van der Waals surface area contributed by atoms with Gasteiger partial charge < -0.3 is 20.1 Å². The molecule has 0 atom stereocenters. The number of anilines is 1. The molecule has 0 aliphatic rings. The van der Waals surface area contributed by atoms with Crippen LogP contribution in [0.1, 0.15) is 58.4 Å². The Morgan fingerprint density at radius 3 is 2.21 bits per heavy atom. The number of carboxylic acid groups (broad SMARTS) is 1. The molecule has 0 aromatic heterocycles. The standard InChI is InChI=1S/C26H35FN2O4/c1-4-5-6-7-8-18-29(25(32)28-22-13-11-21(27)12-14-22)19-17-20-9-15-23(16-10-20)33-26(2,3)24(30)31/h9-16H,4-8,17-19H2,1-3H3,(H,28,32)(H,30,31). The first-order valence-corrected chi connectivity index (χ1v) is 11.5. The molecule has 7 heteroatoms. The summed E-state index contributed by atoms with van der Waals surface area (Å²) in [5.74, 6) is -0.902. The first-order chi connectivity index (χ1) is 15.7. The van der Waals surface area contributed by atoms with Crippen LogP contribution in [0, 0.1) is 5.82 Å². The number of hydrogen-bond acceptors (Lipinski definition) is 3. The zero-order chi connectivity index (χ0) is 24.3. The van der Waals surface area contributed by atoms with Crippen LogP contribution in [-0.4, -0.2) is 40.7 Å². The second kappa shape index (κ2) is 12.8. The Bertz CT molecular complexity index is 882. The average Bonchev–Trinajstić information content (AvgIpc) is 2.78. The van der Waals surface area contributed by atoms with Crippen LogP contribution in [0.15, 0.2) is 48.5 Å². The number of hydrogen-bond donors (Lipinski definition) is 2. The lowest BCUT2D eigenvalue weighted by Gasteiger charge is -2.24. The summed E-state index contributed by atoms with van der Waals surface area (Å²) in [4.78, 5) is 25.9. The summed E-state index contributed by atoms with van der Waals surface area (Å²) in [5.41, 5.74) is 0.259. The summed E-state index contributed by atoms with van der Waals surface area (Å²) >= 11 is 0. The normalized spacial score (nSPS) is 11.2. The van der Waals surface area contributed by atoms with E-state index >= 15 is 0 Å². The lowest BCUT2D eigenvalue weighted by Crippen LogP contribution is -2.38. The van der Waals surface area contributed by atoms with Gasteiger partial charge in [-0.3, -0.25) is 0 Å². The van der Waals surface area contributed by atoms with Gasteiger partial charge in [-0.2, -0.15) is 0 Å². The van der Waals surface area contributed by atoms with Crippen LogP contribution in [0.5, 0.6) is 5.75 Å². The fourth-order valence-electron chi connectivity index (χ4n) is 3.28. The van der Waals surface area contributed by atoms with Crippen LogP contribution >= 0.6 is 0 Å². The van der Waals surface area contributed by atoms with Crippen molar-refractivity contribution in [2.75, 3.05) is 18.4 Å². The summed E-state index contributed by atoms with van der Waals surface area (Å²) in [6.45, 7) is 6.34. The van der Waals surface area contributed by atoms with Gasteiger partial charge in [-0.1, -0.05) is 44.7 Å². The Morgan fingerprint density at radius 1 is 0.970 bits per heavy atom. The molecule has 0 radical (unpaired) electrons. The number of nitrogens with zero attached hydrogens (tertiary/aromatic N) is 1. The monoisotopic (exact) mass is 458 g/mol. The molecule has 2 aromatic rings. The molecule has 0 spiro atoms. The molecule has 2 amide bonds. The molecule has 0 aliphatic carbocycles. The number of carboxylic acids is 1. The van der Waals surface area contributed by atoms with E-state index in [-0.39, 0.29) is 11.8 Å². The lowest BCUT2D eigenvalue weighted by atomic mass is 10.1. The SMILES string of the molecule is CCCCCCCN(CCc1ccc(OC(C)(C)C(=O)O)cc1)C(=O)Nc1ccc(F)cc1. The molecule has 0 heterocycles. The Kier molecular flexibility index (Phi) is 10.2. The molecule has 2 N–H and O–H groups in total. The van der Waals surface area contributed by atoms with Crippen LogP contribution < -0.4 is 10.1 Å². The van der Waals surface area contributed by atoms with Gasteiger partial charge in [0.1, 0.15) is 11.6 Å². The van der Waals surface area contributed by atoms with Crippen molar-refractivity contribution in [2.24, 2.45) is 0 Å². The number of urea groups is 1. The van der Waals surface area contributed by atoms with Crippen molar-refractivity contribution in [3.8, 4) is 5.75 Å². The summed E-state index contributed by atoms with van der Waals surface area (Å²) in [5, 5.41) is 12.1. The molecule has 0 saturated carbocycles. The lowest BCUT2D eigenvalue weighted by molar-refractivity contribution is -0.152. The van der Waals surface area contributed by atoms with Gasteiger partial charge in [0, 0.05) is 18.8 Å². The van der Waals surface area contributed by atoms with Gasteiger partial charge in [-0.15, -0.1) is 0 Å². The molecule has 2 aromatic carbocycles. The van der Waals surface area contributed by atoms with Crippen LogP contribution in [0.25, 0.3) is 0 Å². The van der Waals surface area contributed by atoms with Gasteiger partial charge in [0.05, 0.1) is 0 Å². The van der Waals surface area contributed by atoms with Gasteiger partial charge >= 0.3 is 12.0 Å². The molecule has 180 valence electrons. The molecule has 6 nitrogen and oxygen atoms in total. The molecule has 0 aliphatic heterocycles. The Hall–Kier alpha value is -3.09. The number of carbonyl (C=O) groups excluding carboxylic acids is 1. The van der Waals surface area contributed by atoms with Crippen molar-refractivity contribution in [1.82, 2.24) is 4.90 Å². The van der Waals surface area contributed by atoms with E-state index in [1.54, 1.807) is 29.2 Å². The van der Waals surface area contributed by atoms with Crippen LogP contribution in [0.3, 0.4) is 0 Å². The maximum Gasteiger partial charge on any atom is 0.347 e. The predicted molar refractivity (Wildman–Crippen MR) is 128 cm³/mol. The number of rotatable bonds is 13. The van der Waals surface area contributed by atoms with Crippen molar-refractivity contribution in [3.63, 3.8) is 0 Å². The minimum Gasteiger partial charge on any atom is -0.478 e. The highest BCUT2D eigenvalue weighted by atomic mass is 19.1. The first kappa shape index (κ1) is 26.2. The molecule has 33 heavy (non-hydrogen) atoms. The molecular weight excluding hydrogens is 423 g/mol. The summed E-state index contributed by atoms with van der Waals surface area (Å²) < 4.78 is 18.7. The minimum absolute atomic E-state index is 0.208. The number of amides is 2. The predicted octanol–water partition coefficient (Wildman–Crippen LogP) is 6.11.